The van der Waals surface area contributed by atoms with Crippen LogP contribution in [0.5, 0.6) is 0 Å². The van der Waals surface area contributed by atoms with Gasteiger partial charge in [-0.2, -0.15) is 0 Å². The topological polar surface area (TPSA) is 45.2 Å². The van der Waals surface area contributed by atoms with E-state index in [1.807, 2.05) is 43.3 Å². The van der Waals surface area contributed by atoms with Gasteiger partial charge in [0.1, 0.15) is 5.82 Å². The molecular formula is C18H23N3O. The van der Waals surface area contributed by atoms with Crippen LogP contribution < -0.4 is 5.32 Å². The van der Waals surface area contributed by atoms with Crippen LogP contribution in [0.2, 0.25) is 0 Å². The van der Waals surface area contributed by atoms with Crippen molar-refractivity contribution in [3.8, 4) is 0 Å². The Bertz CT molecular complexity index is 618. The van der Waals surface area contributed by atoms with Crippen LogP contribution in [-0.2, 0) is 6.54 Å². The zero-order chi connectivity index (χ0) is 15.9. The number of aryl methyl sites for hydroxylation is 1. The third kappa shape index (κ3) is 4.40. The predicted molar refractivity (Wildman–Crippen MR) is 90.0 cm³/mol. The Labute approximate surface area is 132 Å². The molecule has 0 atom stereocenters. The SMILES string of the molecule is CCN(CC)Cc1ccc(C(=O)Nc2cc(C)ccn2)cc1. The smallest absolute Gasteiger partial charge is 0.256 e. The van der Waals surface area contributed by atoms with Crippen LogP contribution in [0.1, 0.15) is 35.3 Å². The molecule has 2 aromatic rings. The maximum Gasteiger partial charge on any atom is 0.256 e. The summed E-state index contributed by atoms with van der Waals surface area (Å²) in [5.41, 5.74) is 2.93. The van der Waals surface area contributed by atoms with Gasteiger partial charge in [-0.1, -0.05) is 26.0 Å². The van der Waals surface area contributed by atoms with Gasteiger partial charge in [0.15, 0.2) is 0 Å². The second kappa shape index (κ2) is 7.71. The summed E-state index contributed by atoms with van der Waals surface area (Å²) in [6.07, 6.45) is 1.69. The van der Waals surface area contributed by atoms with E-state index >= 15 is 0 Å². The van der Waals surface area contributed by atoms with Crippen molar-refractivity contribution in [2.24, 2.45) is 0 Å². The van der Waals surface area contributed by atoms with Crippen molar-refractivity contribution in [1.29, 1.82) is 0 Å². The van der Waals surface area contributed by atoms with Crippen molar-refractivity contribution in [1.82, 2.24) is 9.88 Å². The molecule has 0 fully saturated rings. The average Bonchev–Trinajstić information content (AvgIpc) is 2.53. The van der Waals surface area contributed by atoms with E-state index in [1.54, 1.807) is 6.20 Å². The van der Waals surface area contributed by atoms with Gasteiger partial charge in [-0.3, -0.25) is 9.69 Å². The highest BCUT2D eigenvalue weighted by Crippen LogP contribution is 2.11. The van der Waals surface area contributed by atoms with Crippen molar-refractivity contribution in [3.05, 3.63) is 59.3 Å². The minimum atomic E-state index is -0.132. The van der Waals surface area contributed by atoms with E-state index < -0.39 is 0 Å². The van der Waals surface area contributed by atoms with E-state index in [1.165, 1.54) is 5.56 Å². The van der Waals surface area contributed by atoms with E-state index in [2.05, 4.69) is 29.0 Å². The molecule has 4 nitrogen and oxygen atoms in total. The van der Waals surface area contributed by atoms with Crippen LogP contribution >= 0.6 is 0 Å². The largest absolute Gasteiger partial charge is 0.307 e. The van der Waals surface area contributed by atoms with Crippen molar-refractivity contribution in [3.63, 3.8) is 0 Å². The number of anilines is 1. The lowest BCUT2D eigenvalue weighted by Crippen LogP contribution is -2.22. The lowest BCUT2D eigenvalue weighted by atomic mass is 10.1. The van der Waals surface area contributed by atoms with E-state index in [9.17, 15) is 4.79 Å². The molecule has 0 saturated heterocycles. The Morgan fingerprint density at radius 3 is 2.41 bits per heavy atom. The normalized spacial score (nSPS) is 10.7. The first-order valence-corrected chi connectivity index (χ1v) is 7.67. The molecule has 1 heterocycles. The lowest BCUT2D eigenvalue weighted by molar-refractivity contribution is 0.102. The molecule has 1 aromatic heterocycles. The first-order chi connectivity index (χ1) is 10.6. The molecular weight excluding hydrogens is 274 g/mol. The molecule has 0 radical (unpaired) electrons. The summed E-state index contributed by atoms with van der Waals surface area (Å²) < 4.78 is 0. The Morgan fingerprint density at radius 1 is 1.14 bits per heavy atom. The van der Waals surface area contributed by atoms with Crippen LogP contribution in [-0.4, -0.2) is 28.9 Å². The second-order valence-electron chi connectivity index (χ2n) is 5.33. The first kappa shape index (κ1) is 16.2. The number of carbonyl (C=O) groups is 1. The molecule has 0 aliphatic heterocycles. The number of nitrogens with zero attached hydrogens (tertiary/aromatic N) is 2. The summed E-state index contributed by atoms with van der Waals surface area (Å²) in [5.74, 6) is 0.449. The van der Waals surface area contributed by atoms with E-state index in [0.29, 0.717) is 11.4 Å². The van der Waals surface area contributed by atoms with E-state index in [4.69, 9.17) is 0 Å². The van der Waals surface area contributed by atoms with Crippen LogP contribution in [0.15, 0.2) is 42.6 Å². The van der Waals surface area contributed by atoms with Crippen molar-refractivity contribution in [2.45, 2.75) is 27.3 Å². The Balaban J connectivity index is 2.02. The molecule has 1 aromatic carbocycles. The number of amides is 1. The highest BCUT2D eigenvalue weighted by atomic mass is 16.1. The van der Waals surface area contributed by atoms with Crippen LogP contribution in [0.3, 0.4) is 0 Å². The number of benzene rings is 1. The second-order valence-corrected chi connectivity index (χ2v) is 5.33. The van der Waals surface area contributed by atoms with Gasteiger partial charge >= 0.3 is 0 Å². The van der Waals surface area contributed by atoms with Crippen molar-refractivity contribution >= 4 is 11.7 Å². The van der Waals surface area contributed by atoms with Gasteiger partial charge in [0, 0.05) is 18.3 Å². The molecule has 0 aliphatic carbocycles. The number of rotatable bonds is 6. The van der Waals surface area contributed by atoms with Crippen molar-refractivity contribution < 1.29 is 4.79 Å². The number of hydrogen-bond donors (Lipinski definition) is 1. The maximum absolute atomic E-state index is 12.2. The summed E-state index contributed by atoms with van der Waals surface area (Å²) in [4.78, 5) is 18.7. The molecule has 0 saturated carbocycles. The van der Waals surface area contributed by atoms with Crippen molar-refractivity contribution in [2.75, 3.05) is 18.4 Å². The summed E-state index contributed by atoms with van der Waals surface area (Å²) >= 11 is 0. The van der Waals surface area contributed by atoms with E-state index in [-0.39, 0.29) is 5.91 Å². The number of pyridine rings is 1. The summed E-state index contributed by atoms with van der Waals surface area (Å²) in [5, 5.41) is 2.82. The van der Waals surface area contributed by atoms with Gasteiger partial charge in [0.2, 0.25) is 0 Å². The Morgan fingerprint density at radius 2 is 1.82 bits per heavy atom. The maximum atomic E-state index is 12.2. The number of hydrogen-bond acceptors (Lipinski definition) is 3. The molecule has 1 N–H and O–H groups in total. The molecule has 22 heavy (non-hydrogen) atoms. The predicted octanol–water partition coefficient (Wildman–Crippen LogP) is 3.48. The molecule has 4 heteroatoms. The standard InChI is InChI=1S/C18H23N3O/c1-4-21(5-2)13-15-6-8-16(9-7-15)18(22)20-17-12-14(3)10-11-19-17/h6-12H,4-5,13H2,1-3H3,(H,19,20,22). The molecule has 0 spiro atoms. The molecule has 1 amide bonds. The van der Waals surface area contributed by atoms with Gasteiger partial charge in [0.25, 0.3) is 5.91 Å². The van der Waals surface area contributed by atoms with E-state index in [0.717, 1.165) is 25.2 Å². The molecule has 0 bridgehead atoms. The fourth-order valence-electron chi connectivity index (χ4n) is 2.26. The molecule has 0 unspecified atom stereocenters. The lowest BCUT2D eigenvalue weighted by Gasteiger charge is -2.18. The molecule has 0 aliphatic rings. The molecule has 2 rings (SSSR count). The summed E-state index contributed by atoms with van der Waals surface area (Å²) in [6.45, 7) is 9.24. The summed E-state index contributed by atoms with van der Waals surface area (Å²) in [6, 6.07) is 11.5. The quantitative estimate of drug-likeness (QED) is 0.888. The summed E-state index contributed by atoms with van der Waals surface area (Å²) in [7, 11) is 0. The van der Waals surface area contributed by atoms with Gasteiger partial charge in [-0.15, -0.1) is 0 Å². The van der Waals surface area contributed by atoms with Crippen LogP contribution in [0, 0.1) is 6.92 Å². The Kier molecular flexibility index (Phi) is 5.67. The zero-order valence-corrected chi connectivity index (χ0v) is 13.5. The van der Waals surface area contributed by atoms with Gasteiger partial charge < -0.3 is 5.32 Å². The Hall–Kier alpha value is -2.20. The fraction of sp³-hybridized carbons (Fsp3) is 0.333. The monoisotopic (exact) mass is 297 g/mol. The first-order valence-electron chi connectivity index (χ1n) is 7.67. The van der Waals surface area contributed by atoms with Gasteiger partial charge in [-0.25, -0.2) is 4.98 Å². The van der Waals surface area contributed by atoms with Gasteiger partial charge in [-0.05, 0) is 55.4 Å². The fourth-order valence-corrected chi connectivity index (χ4v) is 2.26. The van der Waals surface area contributed by atoms with Crippen LogP contribution in [0.25, 0.3) is 0 Å². The highest BCUT2D eigenvalue weighted by molar-refractivity contribution is 6.03. The average molecular weight is 297 g/mol. The number of nitrogens with one attached hydrogen (secondary N) is 1. The third-order valence-corrected chi connectivity index (χ3v) is 3.67. The minimum Gasteiger partial charge on any atom is -0.307 e. The third-order valence-electron chi connectivity index (χ3n) is 3.67. The zero-order valence-electron chi connectivity index (χ0n) is 13.5. The minimum absolute atomic E-state index is 0.132. The highest BCUT2D eigenvalue weighted by Gasteiger charge is 2.07. The number of aromatic nitrogens is 1. The molecule has 116 valence electrons. The van der Waals surface area contributed by atoms with Crippen LogP contribution in [0.4, 0.5) is 5.82 Å². The van der Waals surface area contributed by atoms with Gasteiger partial charge in [0.05, 0.1) is 0 Å². The number of carbonyl (C=O) groups excluding carboxylic acids is 1.